The molecule has 154 valence electrons. The average Bonchev–Trinajstić information content (AvgIpc) is 2.61. The third-order valence-electron chi connectivity index (χ3n) is 4.65. The molecule has 27 heavy (non-hydrogen) atoms. The highest BCUT2D eigenvalue weighted by atomic mass is 31.2. The second-order valence-corrected chi connectivity index (χ2v) is 8.91. The Bertz CT molecular complexity index is 585. The second-order valence-electron chi connectivity index (χ2n) is 7.14. The van der Waals surface area contributed by atoms with Crippen molar-refractivity contribution in [2.75, 3.05) is 6.16 Å². The van der Waals surface area contributed by atoms with Crippen LogP contribution in [-0.4, -0.2) is 33.1 Å². The molecule has 1 unspecified atom stereocenters. The van der Waals surface area contributed by atoms with Crippen LogP contribution in [0.5, 0.6) is 0 Å². The quantitative estimate of drug-likeness (QED) is 0.261. The van der Waals surface area contributed by atoms with Crippen molar-refractivity contribution in [1.29, 1.82) is 0 Å². The van der Waals surface area contributed by atoms with Gasteiger partial charge in [-0.15, -0.1) is 0 Å². The van der Waals surface area contributed by atoms with Gasteiger partial charge in [0, 0.05) is 6.54 Å². The van der Waals surface area contributed by atoms with Gasteiger partial charge in [0.25, 0.3) is 0 Å². The standard InChI is InChI=1S/C20H34NO5P/c1-2-3-4-5-6-7-8-9-17-10-12-18(13-11-17)16-21-19(20(22)23)14-15-27(24,25)26/h10-13,19,21H,2-9,14-16H2,1H3,(H,22,23)(H2,24,25,26). The van der Waals surface area contributed by atoms with E-state index in [-0.39, 0.29) is 6.42 Å². The van der Waals surface area contributed by atoms with Crippen molar-refractivity contribution in [1.82, 2.24) is 5.32 Å². The summed E-state index contributed by atoms with van der Waals surface area (Å²) in [5.41, 5.74) is 2.24. The highest BCUT2D eigenvalue weighted by Crippen LogP contribution is 2.35. The zero-order chi connectivity index (χ0) is 20.1. The molecular formula is C20H34NO5P. The maximum absolute atomic E-state index is 11.2. The smallest absolute Gasteiger partial charge is 0.325 e. The Morgan fingerprint density at radius 1 is 1.00 bits per heavy atom. The van der Waals surface area contributed by atoms with Crippen LogP contribution in [0.3, 0.4) is 0 Å². The van der Waals surface area contributed by atoms with Crippen molar-refractivity contribution in [2.45, 2.75) is 77.3 Å². The van der Waals surface area contributed by atoms with Crippen molar-refractivity contribution in [3.63, 3.8) is 0 Å². The minimum absolute atomic E-state index is 0.101. The molecule has 4 N–H and O–H groups in total. The first-order valence-corrected chi connectivity index (χ1v) is 11.7. The van der Waals surface area contributed by atoms with E-state index in [0.717, 1.165) is 12.0 Å². The van der Waals surface area contributed by atoms with E-state index in [0.29, 0.717) is 6.54 Å². The predicted molar refractivity (Wildman–Crippen MR) is 108 cm³/mol. The van der Waals surface area contributed by atoms with Gasteiger partial charge in [-0.2, -0.15) is 0 Å². The largest absolute Gasteiger partial charge is 0.480 e. The highest BCUT2D eigenvalue weighted by Gasteiger charge is 2.22. The van der Waals surface area contributed by atoms with Crippen LogP contribution in [0.25, 0.3) is 0 Å². The number of benzene rings is 1. The number of carboxylic acids is 1. The summed E-state index contributed by atoms with van der Waals surface area (Å²) in [5.74, 6) is -1.10. The van der Waals surface area contributed by atoms with Gasteiger partial charge in [-0.25, -0.2) is 0 Å². The number of aryl methyl sites for hydroxylation is 1. The molecule has 0 fully saturated rings. The van der Waals surface area contributed by atoms with Gasteiger partial charge in [0.1, 0.15) is 6.04 Å². The number of nitrogens with one attached hydrogen (secondary N) is 1. The van der Waals surface area contributed by atoms with E-state index in [4.69, 9.17) is 14.9 Å². The molecule has 0 radical (unpaired) electrons. The van der Waals surface area contributed by atoms with Crippen LogP contribution in [0.4, 0.5) is 0 Å². The Balaban J connectivity index is 2.32. The molecule has 0 heterocycles. The highest BCUT2D eigenvalue weighted by molar-refractivity contribution is 7.51. The summed E-state index contributed by atoms with van der Waals surface area (Å²) in [7, 11) is -4.19. The maximum atomic E-state index is 11.2. The van der Waals surface area contributed by atoms with Crippen LogP contribution in [-0.2, 0) is 22.3 Å². The summed E-state index contributed by atoms with van der Waals surface area (Å²) in [5, 5.41) is 12.0. The summed E-state index contributed by atoms with van der Waals surface area (Å²) >= 11 is 0. The molecule has 7 heteroatoms. The Kier molecular flexibility index (Phi) is 11.5. The van der Waals surface area contributed by atoms with E-state index in [9.17, 15) is 9.36 Å². The number of carbonyl (C=O) groups is 1. The summed E-state index contributed by atoms with van der Waals surface area (Å²) in [6, 6.07) is 7.13. The Morgan fingerprint density at radius 2 is 1.56 bits per heavy atom. The molecule has 1 atom stereocenters. The van der Waals surface area contributed by atoms with Crippen molar-refractivity contribution in [2.24, 2.45) is 0 Å². The SMILES string of the molecule is CCCCCCCCCc1ccc(CNC(CCP(=O)(O)O)C(=O)O)cc1. The van der Waals surface area contributed by atoms with E-state index < -0.39 is 25.8 Å². The molecule has 0 amide bonds. The summed E-state index contributed by atoms with van der Waals surface area (Å²) in [4.78, 5) is 29.0. The monoisotopic (exact) mass is 399 g/mol. The summed E-state index contributed by atoms with van der Waals surface area (Å²) in [6.45, 7) is 2.58. The fourth-order valence-corrected chi connectivity index (χ4v) is 3.56. The first-order valence-electron chi connectivity index (χ1n) is 9.90. The lowest BCUT2D eigenvalue weighted by molar-refractivity contribution is -0.139. The predicted octanol–water partition coefficient (Wildman–Crippen LogP) is 4.09. The number of aliphatic carboxylic acids is 1. The molecule has 1 aromatic carbocycles. The van der Waals surface area contributed by atoms with Crippen molar-refractivity contribution < 1.29 is 24.3 Å². The van der Waals surface area contributed by atoms with Gasteiger partial charge in [0.15, 0.2) is 0 Å². The van der Waals surface area contributed by atoms with Gasteiger partial charge in [0.05, 0.1) is 6.16 Å². The van der Waals surface area contributed by atoms with Gasteiger partial charge < -0.3 is 20.2 Å². The minimum Gasteiger partial charge on any atom is -0.480 e. The number of hydrogen-bond donors (Lipinski definition) is 4. The molecule has 0 bridgehead atoms. The number of hydrogen-bond acceptors (Lipinski definition) is 3. The molecule has 0 aliphatic rings. The molecule has 1 aromatic rings. The van der Waals surface area contributed by atoms with Crippen molar-refractivity contribution in [3.8, 4) is 0 Å². The lowest BCUT2D eigenvalue weighted by Crippen LogP contribution is -2.36. The van der Waals surface area contributed by atoms with Gasteiger partial charge >= 0.3 is 13.6 Å². The minimum atomic E-state index is -4.19. The topological polar surface area (TPSA) is 107 Å². The van der Waals surface area contributed by atoms with Crippen LogP contribution >= 0.6 is 7.60 Å². The normalized spacial score (nSPS) is 12.9. The average molecular weight is 399 g/mol. The third-order valence-corrected chi connectivity index (χ3v) is 5.49. The van der Waals surface area contributed by atoms with E-state index in [1.807, 2.05) is 12.1 Å². The second kappa shape index (κ2) is 13.1. The molecular weight excluding hydrogens is 365 g/mol. The number of rotatable bonds is 15. The van der Waals surface area contributed by atoms with E-state index in [1.54, 1.807) is 0 Å². The van der Waals surface area contributed by atoms with Crippen molar-refractivity contribution >= 4 is 13.6 Å². The number of unbranched alkanes of at least 4 members (excludes halogenated alkanes) is 6. The van der Waals surface area contributed by atoms with Crippen LogP contribution in [0, 0.1) is 0 Å². The fraction of sp³-hybridized carbons (Fsp3) is 0.650. The van der Waals surface area contributed by atoms with E-state index >= 15 is 0 Å². The molecule has 0 spiro atoms. The molecule has 0 saturated heterocycles. The van der Waals surface area contributed by atoms with Crippen LogP contribution in [0.1, 0.15) is 69.4 Å². The van der Waals surface area contributed by atoms with Gasteiger partial charge in [-0.05, 0) is 30.4 Å². The Morgan fingerprint density at radius 3 is 2.11 bits per heavy atom. The zero-order valence-electron chi connectivity index (χ0n) is 16.3. The molecule has 0 aliphatic heterocycles. The first kappa shape index (κ1) is 23.8. The summed E-state index contributed by atoms with van der Waals surface area (Å²) in [6.07, 6.45) is 9.53. The van der Waals surface area contributed by atoms with Gasteiger partial charge in [-0.3, -0.25) is 9.36 Å². The molecule has 0 aromatic heterocycles. The Hall–Kier alpha value is -1.20. The van der Waals surface area contributed by atoms with Crippen LogP contribution in [0.2, 0.25) is 0 Å². The van der Waals surface area contributed by atoms with E-state index in [2.05, 4.69) is 24.4 Å². The Labute approximate surface area is 162 Å². The van der Waals surface area contributed by atoms with Gasteiger partial charge in [0.2, 0.25) is 0 Å². The lowest BCUT2D eigenvalue weighted by Gasteiger charge is -2.15. The third kappa shape index (κ3) is 12.0. The molecule has 1 rings (SSSR count). The molecule has 0 aliphatic carbocycles. The first-order chi connectivity index (χ1) is 12.8. The fourth-order valence-electron chi connectivity index (χ4n) is 2.96. The lowest BCUT2D eigenvalue weighted by atomic mass is 10.0. The van der Waals surface area contributed by atoms with Crippen LogP contribution < -0.4 is 5.32 Å². The molecule has 0 saturated carbocycles. The van der Waals surface area contributed by atoms with E-state index in [1.165, 1.54) is 50.5 Å². The van der Waals surface area contributed by atoms with Crippen LogP contribution in [0.15, 0.2) is 24.3 Å². The zero-order valence-corrected chi connectivity index (χ0v) is 17.2. The maximum Gasteiger partial charge on any atom is 0.325 e. The van der Waals surface area contributed by atoms with Gasteiger partial charge in [-0.1, -0.05) is 69.7 Å². The molecule has 6 nitrogen and oxygen atoms in total. The number of carboxylic acid groups (broad SMARTS) is 1. The van der Waals surface area contributed by atoms with Crippen molar-refractivity contribution in [3.05, 3.63) is 35.4 Å². The summed E-state index contributed by atoms with van der Waals surface area (Å²) < 4.78 is 10.9.